The van der Waals surface area contributed by atoms with Gasteiger partial charge in [-0.05, 0) is 125 Å². The standard InChI is InChI=1S/C87H120N12O28/c1-44-31-57-17-19-64-45(2)32-59(121-64)23-25-87-40-63(102)77(127-87)69-39-70(126-87)78-65(124-69)20-18-58(123-78)33-55(100)34-60-67(38-66(122-57)46(44)3)125-68(76(60)116-8)35-56(101)41-90-85(114)119-42-51-9-13-53(14-10-51)95-84(113)62(37-72(89)104)98-82(111)49(6)93-80(109)50(7)94-86(115)120-43-52-11-15-54(16-12-52)96-83(112)61(36-71(88)103)97-81(110)48(5)92-79(108)47(4)91-73(105)24-27-117-29-30-118-28-26-99-74(106)21-22-75(99)107/h9-16,21-22,44,47-50,56-70,76-78,101-102H,2-3,17-20,23-43H2,1,4-8H3,(H2,88,103)(H2,89,104)(H,90,114)(H,91,105)(H,92,108)(H,93,109)(H,94,115)(H,95,113)(H,96,112)(H,97,110)(H,98,111)/t44-,47+,48+,49+,50?,56?,57+,58?,59?,60?,61+,62?,63-,64?,65?,66?,67+,68-,69?,70?,76-,77?,78+,87-/m1/s1. The highest BCUT2D eigenvalue weighted by Gasteiger charge is 2.60. The van der Waals surface area contributed by atoms with Crippen molar-refractivity contribution in [2.75, 3.05) is 57.3 Å². The predicted octanol–water partition coefficient (Wildman–Crippen LogP) is 1.16. The molecule has 2 aromatic rings. The summed E-state index contributed by atoms with van der Waals surface area (Å²) >= 11 is 0. The third-order valence-electron chi connectivity index (χ3n) is 24.3. The van der Waals surface area contributed by atoms with E-state index in [1.165, 1.54) is 76.2 Å². The summed E-state index contributed by atoms with van der Waals surface area (Å²) < 4.78 is 75.1. The normalized spacial score (nSPS) is 29.0. The van der Waals surface area contributed by atoms with Gasteiger partial charge in [-0.1, -0.05) is 44.3 Å². The van der Waals surface area contributed by atoms with Gasteiger partial charge in [0.05, 0.1) is 125 Å². The van der Waals surface area contributed by atoms with E-state index >= 15 is 0 Å². The molecule has 9 heterocycles. The zero-order valence-electron chi connectivity index (χ0n) is 72.3. The molecule has 0 aromatic heterocycles. The summed E-state index contributed by atoms with van der Waals surface area (Å²) in [6, 6.07) is 3.78. The molecule has 0 radical (unpaired) electrons. The average Bonchev–Trinajstić information content (AvgIpc) is 1.59. The molecule has 8 fully saturated rings. The Morgan fingerprint density at radius 1 is 0.567 bits per heavy atom. The topological polar surface area (TPSA) is 554 Å². The van der Waals surface area contributed by atoms with Gasteiger partial charge in [-0.3, -0.25) is 62.4 Å². The van der Waals surface area contributed by atoms with Crippen molar-refractivity contribution in [3.05, 3.63) is 96.1 Å². The summed E-state index contributed by atoms with van der Waals surface area (Å²) in [5.41, 5.74) is 14.1. The van der Waals surface area contributed by atoms with E-state index in [2.05, 4.69) is 67.9 Å². The first-order chi connectivity index (χ1) is 60.5. The predicted molar refractivity (Wildman–Crippen MR) is 447 cm³/mol. The van der Waals surface area contributed by atoms with Crippen molar-refractivity contribution in [2.24, 2.45) is 23.3 Å². The van der Waals surface area contributed by atoms with Crippen LogP contribution in [-0.2, 0) is 128 Å². The monoisotopic (exact) mass is 1780 g/mol. The van der Waals surface area contributed by atoms with Gasteiger partial charge in [-0.25, -0.2) is 9.59 Å². The number of carbonyl (C=O) groups excluding carboxylic acids is 14. The first-order valence-electron chi connectivity index (χ1n) is 43.4. The van der Waals surface area contributed by atoms with E-state index in [9.17, 15) is 77.3 Å². The van der Waals surface area contributed by atoms with Crippen molar-refractivity contribution in [1.29, 1.82) is 0 Å². The second-order valence-electron chi connectivity index (χ2n) is 34.1. The first kappa shape index (κ1) is 97.4. The van der Waals surface area contributed by atoms with E-state index in [-0.39, 0.29) is 138 Å². The van der Waals surface area contributed by atoms with E-state index in [4.69, 9.17) is 68.3 Å². The number of benzene rings is 2. The number of primary amides is 2. The maximum atomic E-state index is 14.5. The van der Waals surface area contributed by atoms with Crippen LogP contribution in [0.2, 0.25) is 0 Å². The number of ether oxygens (including phenoxy) is 12. The van der Waals surface area contributed by atoms with E-state index < -0.39 is 193 Å². The largest absolute Gasteiger partial charge is 0.445 e. The molecule has 8 saturated heterocycles. The number of imide groups is 1. The Balaban J connectivity index is 0.580. The number of rotatable bonds is 36. The van der Waals surface area contributed by atoms with Crippen molar-refractivity contribution in [2.45, 2.75) is 291 Å². The molecule has 13 amide bonds. The van der Waals surface area contributed by atoms with E-state index in [1.807, 2.05) is 0 Å². The highest BCUT2D eigenvalue weighted by molar-refractivity contribution is 6.13. The lowest BCUT2D eigenvalue weighted by Gasteiger charge is -2.47. The lowest BCUT2D eigenvalue weighted by Crippen LogP contribution is -2.58. The number of nitrogens with one attached hydrogen (secondary N) is 9. The van der Waals surface area contributed by atoms with Crippen LogP contribution in [0.4, 0.5) is 21.0 Å². The van der Waals surface area contributed by atoms with Crippen LogP contribution in [0.3, 0.4) is 0 Å². The number of fused-ring (bicyclic) bond motifs is 9. The minimum absolute atomic E-state index is 0.0165. The van der Waals surface area contributed by atoms with Crippen molar-refractivity contribution in [3.8, 4) is 0 Å². The highest BCUT2D eigenvalue weighted by atomic mass is 16.7. The minimum Gasteiger partial charge on any atom is -0.445 e. The Kier molecular flexibility index (Phi) is 34.6. The van der Waals surface area contributed by atoms with Gasteiger partial charge in [-0.2, -0.15) is 0 Å². The summed E-state index contributed by atoms with van der Waals surface area (Å²) in [4.78, 5) is 181. The lowest BCUT2D eigenvalue weighted by atomic mass is 9.81. The third-order valence-corrected chi connectivity index (χ3v) is 24.3. The molecule has 2 aromatic carbocycles. The molecule has 9 aliphatic heterocycles. The maximum Gasteiger partial charge on any atom is 0.408 e. The molecule has 10 bridgehead atoms. The molecule has 127 heavy (non-hydrogen) atoms. The van der Waals surface area contributed by atoms with Gasteiger partial charge in [0.25, 0.3) is 11.8 Å². The number of nitrogens with two attached hydrogens (primary N) is 2. The van der Waals surface area contributed by atoms with Crippen LogP contribution < -0.4 is 59.3 Å². The third kappa shape index (κ3) is 27.4. The Morgan fingerprint density at radius 3 is 1.73 bits per heavy atom. The number of anilines is 2. The Labute approximate surface area is 734 Å². The van der Waals surface area contributed by atoms with Crippen LogP contribution >= 0.6 is 0 Å². The van der Waals surface area contributed by atoms with E-state index in [0.717, 1.165) is 22.5 Å². The summed E-state index contributed by atoms with van der Waals surface area (Å²) in [5, 5.41) is 45.1. The van der Waals surface area contributed by atoms with Crippen LogP contribution in [0.25, 0.3) is 0 Å². The van der Waals surface area contributed by atoms with Crippen molar-refractivity contribution >= 4 is 94.3 Å². The molecule has 11 rings (SSSR count). The molecule has 696 valence electrons. The maximum absolute atomic E-state index is 14.5. The number of hydrogen-bond acceptors (Lipinski definition) is 28. The number of hydrogen-bond donors (Lipinski definition) is 13. The number of methoxy groups -OCH3 is 1. The fourth-order valence-corrected chi connectivity index (χ4v) is 17.4. The molecule has 15 N–H and O–H groups in total. The molecule has 40 heteroatoms. The second-order valence-corrected chi connectivity index (χ2v) is 34.1. The van der Waals surface area contributed by atoms with Gasteiger partial charge in [0.2, 0.25) is 53.2 Å². The molecule has 9 aliphatic rings. The zero-order valence-corrected chi connectivity index (χ0v) is 72.3. The SMILES string of the molecule is C=C1CC2CC[C@]34C[C@@H](O)C(O3)C3CC(O4)[C@H]4OC(CCC4O3)CC(=O)CC3[C@H](CC4O[C@@H](CCC1O2)C[C@@H](C)C4=C)O[C@H](CC(O)CNC(=O)OCc1ccc(NC(=O)C(CC(N)=O)NC(=O)[C@H](C)NC(=O)C(C)NC(=O)OCc2ccc(NC(=O)[C@H](CC(N)=O)NC(=O)[C@H](C)NC(=O)[C@H](C)NC(=O)CCOCCOCCN4C(=O)C=CC4=O)cc2)cc1)[C@@H]3OC. The number of carbonyl (C=O) groups is 14. The lowest BCUT2D eigenvalue weighted by molar-refractivity contribution is -0.277. The number of aliphatic hydroxyl groups is 2. The number of amides is 13. The molecule has 1 spiro atoms. The molecule has 40 nitrogen and oxygen atoms in total. The Hall–Kier alpha value is -10.2. The number of nitrogens with zero attached hydrogens (tertiary/aromatic N) is 1. The molecule has 12 unspecified atom stereocenters. The van der Waals surface area contributed by atoms with Crippen molar-refractivity contribution in [3.63, 3.8) is 0 Å². The molecule has 0 aliphatic carbocycles. The van der Waals surface area contributed by atoms with Gasteiger partial charge >= 0.3 is 12.2 Å². The van der Waals surface area contributed by atoms with E-state index in [1.54, 1.807) is 19.2 Å². The van der Waals surface area contributed by atoms with Crippen LogP contribution in [0.1, 0.15) is 155 Å². The average molecular weight is 1780 g/mol. The van der Waals surface area contributed by atoms with Gasteiger partial charge in [0.15, 0.2) is 5.79 Å². The van der Waals surface area contributed by atoms with Gasteiger partial charge in [0, 0.05) is 94.5 Å². The molecule has 0 saturated carbocycles. The van der Waals surface area contributed by atoms with E-state index in [0.29, 0.717) is 75.3 Å². The first-order valence-corrected chi connectivity index (χ1v) is 43.4. The minimum atomic E-state index is -1.53. The van der Waals surface area contributed by atoms with Crippen molar-refractivity contribution < 1.29 is 134 Å². The quantitative estimate of drug-likeness (QED) is 0.0259. The number of alkyl carbamates (subject to hydrolysis) is 2. The Bertz CT molecular complexity index is 4330. The van der Waals surface area contributed by atoms with Crippen LogP contribution in [0, 0.1) is 11.8 Å². The van der Waals surface area contributed by atoms with Crippen molar-refractivity contribution in [1.82, 2.24) is 42.1 Å². The second kappa shape index (κ2) is 45.1. The van der Waals surface area contributed by atoms with Crippen LogP contribution in [-0.4, -0.2) is 278 Å². The van der Waals surface area contributed by atoms with Gasteiger partial charge in [0.1, 0.15) is 67.5 Å². The fraction of sp³-hybridized carbons (Fsp3) is 0.632. The smallest absolute Gasteiger partial charge is 0.408 e. The number of ketones is 1. The van der Waals surface area contributed by atoms with Crippen LogP contribution in [0.5, 0.6) is 0 Å². The van der Waals surface area contributed by atoms with Gasteiger partial charge in [-0.15, -0.1) is 0 Å². The summed E-state index contributed by atoms with van der Waals surface area (Å²) in [5.74, 6) is -9.83. The summed E-state index contributed by atoms with van der Waals surface area (Å²) in [7, 11) is 1.55. The molecular formula is C87H120N12O28. The molecule has 24 atom stereocenters. The Morgan fingerprint density at radius 2 is 1.13 bits per heavy atom. The van der Waals surface area contributed by atoms with Crippen LogP contribution in [0.15, 0.2) is 85.0 Å². The summed E-state index contributed by atoms with van der Waals surface area (Å²) in [6.07, 6.45) is -1.47. The number of Topliss-reactive ketones (excluding diaryl/α,β-unsaturated/α-hetero) is 1. The fourth-order valence-electron chi connectivity index (χ4n) is 17.4. The van der Waals surface area contributed by atoms with Gasteiger partial charge < -0.3 is 126 Å². The highest BCUT2D eigenvalue weighted by Crippen LogP contribution is 2.50. The molecular weight excluding hydrogens is 1660 g/mol. The summed E-state index contributed by atoms with van der Waals surface area (Å²) in [6.45, 7) is 15.9. The zero-order chi connectivity index (χ0) is 91.5. The number of aliphatic hydroxyl groups excluding tert-OH is 2.